The molecule has 4 nitrogen and oxygen atoms in total. The number of carboxylic acid groups (broad SMARTS) is 1. The normalized spacial score (nSPS) is 10.5. The van der Waals surface area contributed by atoms with Crippen LogP contribution < -0.4 is 4.74 Å². The van der Waals surface area contributed by atoms with Crippen molar-refractivity contribution in [2.75, 3.05) is 7.11 Å². The Bertz CT molecular complexity index is 615. The first-order valence-corrected chi connectivity index (χ1v) is 5.39. The monoisotopic (exact) mass is 299 g/mol. The average molecular weight is 300 g/mol. The summed E-state index contributed by atoms with van der Waals surface area (Å²) in [4.78, 5) is 14.7. The molecule has 0 fully saturated rings. The predicted octanol–water partition coefficient (Wildman–Crippen LogP) is 2.84. The van der Waals surface area contributed by atoms with Gasteiger partial charge in [0.05, 0.1) is 17.1 Å². The number of carboxylic acids is 1. The Kier molecular flexibility index (Phi) is 2.97. The zero-order chi connectivity index (χ0) is 12.6. The fourth-order valence-corrected chi connectivity index (χ4v) is 1.81. The first-order chi connectivity index (χ1) is 8.02. The Morgan fingerprint density at radius 2 is 2.18 bits per heavy atom. The molecule has 1 heterocycles. The van der Waals surface area contributed by atoms with Crippen LogP contribution in [0.2, 0.25) is 0 Å². The fourth-order valence-electron chi connectivity index (χ4n) is 1.47. The molecular formula is C11H7BrFNO3. The lowest BCUT2D eigenvalue weighted by atomic mass is 10.1. The first-order valence-electron chi connectivity index (χ1n) is 4.60. The second-order valence-corrected chi connectivity index (χ2v) is 4.15. The maximum absolute atomic E-state index is 13.3. The van der Waals surface area contributed by atoms with Gasteiger partial charge in [0.15, 0.2) is 5.69 Å². The second kappa shape index (κ2) is 4.29. The molecular weight excluding hydrogens is 293 g/mol. The molecule has 0 radical (unpaired) electrons. The molecule has 0 aliphatic rings. The Morgan fingerprint density at radius 1 is 1.47 bits per heavy atom. The Balaban J connectivity index is 2.82. The number of hydrogen-bond donors (Lipinski definition) is 1. The van der Waals surface area contributed by atoms with Gasteiger partial charge in [-0.15, -0.1) is 0 Å². The van der Waals surface area contributed by atoms with Gasteiger partial charge in [0.1, 0.15) is 11.6 Å². The summed E-state index contributed by atoms with van der Waals surface area (Å²) in [6, 6.07) is 3.96. The van der Waals surface area contributed by atoms with Crippen molar-refractivity contribution in [3.63, 3.8) is 0 Å². The lowest BCUT2D eigenvalue weighted by molar-refractivity contribution is 0.0690. The molecule has 0 atom stereocenters. The minimum absolute atomic E-state index is 0.184. The summed E-state index contributed by atoms with van der Waals surface area (Å²) in [5, 5.41) is 9.41. The molecule has 0 saturated carbocycles. The van der Waals surface area contributed by atoms with Crippen molar-refractivity contribution in [2.24, 2.45) is 0 Å². The zero-order valence-electron chi connectivity index (χ0n) is 8.70. The van der Waals surface area contributed by atoms with Gasteiger partial charge in [-0.05, 0) is 22.0 Å². The van der Waals surface area contributed by atoms with Crippen LogP contribution in [-0.2, 0) is 0 Å². The number of halogens is 2. The van der Waals surface area contributed by atoms with Gasteiger partial charge >= 0.3 is 5.97 Å². The van der Waals surface area contributed by atoms with Gasteiger partial charge in [0.2, 0.25) is 0 Å². The minimum atomic E-state index is -1.19. The molecule has 0 aliphatic carbocycles. The van der Waals surface area contributed by atoms with E-state index < -0.39 is 11.8 Å². The second-order valence-electron chi connectivity index (χ2n) is 3.30. The summed E-state index contributed by atoms with van der Waals surface area (Å²) in [5.41, 5.74) is 0.0542. The van der Waals surface area contributed by atoms with Gasteiger partial charge in [-0.3, -0.25) is 0 Å². The van der Waals surface area contributed by atoms with Crippen molar-refractivity contribution in [1.29, 1.82) is 0 Å². The smallest absolute Gasteiger partial charge is 0.354 e. The molecule has 1 N–H and O–H groups in total. The molecule has 0 saturated heterocycles. The third-order valence-electron chi connectivity index (χ3n) is 2.25. The summed E-state index contributed by atoms with van der Waals surface area (Å²) >= 11 is 3.05. The number of rotatable bonds is 2. The molecule has 17 heavy (non-hydrogen) atoms. The number of fused-ring (bicyclic) bond motifs is 1. The molecule has 0 bridgehead atoms. The number of carbonyl (C=O) groups is 1. The van der Waals surface area contributed by atoms with Crippen LogP contribution in [0.4, 0.5) is 4.39 Å². The number of pyridine rings is 1. The Hall–Kier alpha value is -1.69. The predicted molar refractivity (Wildman–Crippen MR) is 62.9 cm³/mol. The molecule has 0 spiro atoms. The van der Waals surface area contributed by atoms with Crippen molar-refractivity contribution >= 4 is 32.8 Å². The maximum Gasteiger partial charge on any atom is 0.354 e. The van der Waals surface area contributed by atoms with Crippen molar-refractivity contribution in [2.45, 2.75) is 0 Å². The average Bonchev–Trinajstić information content (AvgIpc) is 2.29. The van der Waals surface area contributed by atoms with E-state index in [1.54, 1.807) is 0 Å². The van der Waals surface area contributed by atoms with Crippen molar-refractivity contribution in [3.8, 4) is 5.75 Å². The third kappa shape index (κ3) is 2.08. The first kappa shape index (κ1) is 11.8. The van der Waals surface area contributed by atoms with Crippen LogP contribution in [-0.4, -0.2) is 23.2 Å². The number of aromatic nitrogens is 1. The molecule has 6 heteroatoms. The van der Waals surface area contributed by atoms with Crippen LogP contribution in [0.25, 0.3) is 10.9 Å². The van der Waals surface area contributed by atoms with Crippen molar-refractivity contribution in [3.05, 3.63) is 34.2 Å². The van der Waals surface area contributed by atoms with Crippen LogP contribution in [0.1, 0.15) is 10.5 Å². The largest absolute Gasteiger partial charge is 0.496 e. The topological polar surface area (TPSA) is 59.4 Å². The maximum atomic E-state index is 13.3. The molecule has 2 rings (SSSR count). The van der Waals surface area contributed by atoms with E-state index in [-0.39, 0.29) is 15.7 Å². The molecule has 0 amide bonds. The molecule has 88 valence electrons. The van der Waals surface area contributed by atoms with Gasteiger partial charge in [0.25, 0.3) is 0 Å². The highest BCUT2D eigenvalue weighted by Crippen LogP contribution is 2.29. The highest BCUT2D eigenvalue weighted by molar-refractivity contribution is 9.10. The lowest BCUT2D eigenvalue weighted by Gasteiger charge is -2.07. The quantitative estimate of drug-likeness (QED) is 0.926. The summed E-state index contributed by atoms with van der Waals surface area (Å²) in [6.07, 6.45) is 0. The van der Waals surface area contributed by atoms with Crippen LogP contribution in [0.5, 0.6) is 5.75 Å². The number of methoxy groups -OCH3 is 1. The van der Waals surface area contributed by atoms with Crippen LogP contribution in [0.15, 0.2) is 22.7 Å². The van der Waals surface area contributed by atoms with Gasteiger partial charge < -0.3 is 9.84 Å². The Labute approximate surface area is 104 Å². The van der Waals surface area contributed by atoms with Gasteiger partial charge in [-0.1, -0.05) is 0 Å². The Morgan fingerprint density at radius 3 is 2.76 bits per heavy atom. The number of aromatic carboxylic acids is 1. The van der Waals surface area contributed by atoms with Gasteiger partial charge in [-0.25, -0.2) is 14.2 Å². The SMILES string of the molecule is COc1cc(C(=O)O)nc2cc(F)c(Br)cc12. The van der Waals surface area contributed by atoms with Crippen LogP contribution >= 0.6 is 15.9 Å². The van der Waals surface area contributed by atoms with Crippen LogP contribution in [0, 0.1) is 5.82 Å². The lowest BCUT2D eigenvalue weighted by Crippen LogP contribution is -2.02. The summed E-state index contributed by atoms with van der Waals surface area (Å²) in [5.74, 6) is -1.35. The van der Waals surface area contributed by atoms with E-state index in [0.717, 1.165) is 6.07 Å². The molecule has 0 aliphatic heterocycles. The van der Waals surface area contributed by atoms with Crippen molar-refractivity contribution in [1.82, 2.24) is 4.98 Å². The van der Waals surface area contributed by atoms with E-state index in [9.17, 15) is 9.18 Å². The fraction of sp³-hybridized carbons (Fsp3) is 0.0909. The highest BCUT2D eigenvalue weighted by atomic mass is 79.9. The van der Waals surface area contributed by atoms with E-state index in [0.29, 0.717) is 11.1 Å². The summed E-state index contributed by atoms with van der Waals surface area (Å²) in [6.45, 7) is 0. The highest BCUT2D eigenvalue weighted by Gasteiger charge is 2.13. The molecule has 0 unspecified atom stereocenters. The van der Waals surface area contributed by atoms with Crippen LogP contribution in [0.3, 0.4) is 0 Å². The standard InChI is InChI=1S/C11H7BrFNO3/c1-17-10-4-9(11(15)16)14-8-3-7(13)6(12)2-5(8)10/h2-4H,1H3,(H,15,16). The van der Waals surface area contributed by atoms with E-state index in [1.165, 1.54) is 19.2 Å². The third-order valence-corrected chi connectivity index (χ3v) is 2.86. The minimum Gasteiger partial charge on any atom is -0.496 e. The number of ether oxygens (including phenoxy) is 1. The van der Waals surface area contributed by atoms with Gasteiger partial charge in [0, 0.05) is 17.5 Å². The number of nitrogens with zero attached hydrogens (tertiary/aromatic N) is 1. The molecule has 2 aromatic rings. The number of hydrogen-bond acceptors (Lipinski definition) is 3. The molecule has 1 aromatic carbocycles. The van der Waals surface area contributed by atoms with Gasteiger partial charge in [-0.2, -0.15) is 0 Å². The summed E-state index contributed by atoms with van der Waals surface area (Å²) in [7, 11) is 1.41. The van der Waals surface area contributed by atoms with E-state index >= 15 is 0 Å². The number of benzene rings is 1. The van der Waals surface area contributed by atoms with Crippen molar-refractivity contribution < 1.29 is 19.0 Å². The van der Waals surface area contributed by atoms with E-state index in [4.69, 9.17) is 9.84 Å². The van der Waals surface area contributed by atoms with E-state index in [2.05, 4.69) is 20.9 Å². The molecule has 1 aromatic heterocycles. The van der Waals surface area contributed by atoms with E-state index in [1.807, 2.05) is 0 Å². The summed E-state index contributed by atoms with van der Waals surface area (Å²) < 4.78 is 18.7. The zero-order valence-corrected chi connectivity index (χ0v) is 10.3.